The molecule has 0 saturated carbocycles. The van der Waals surface area contributed by atoms with Crippen molar-refractivity contribution < 1.29 is 9.90 Å². The standard InChI is InChI=1S/C14H14N2O2S/c1-7-4-5-11(19-7)13-10(6-15)8(2)16-9(3)12(13)14(17)18/h4-5,13,16H,1-3H3,(H,17,18). The van der Waals surface area contributed by atoms with E-state index in [9.17, 15) is 15.2 Å². The SMILES string of the molecule is CC1=C(C#N)C(c2ccc(C)s2)C(C(=O)O)=C(C)N1. The highest BCUT2D eigenvalue weighted by molar-refractivity contribution is 7.12. The number of aryl methyl sites for hydroxylation is 1. The maximum atomic E-state index is 11.5. The molecule has 1 aliphatic heterocycles. The monoisotopic (exact) mass is 274 g/mol. The molecule has 1 atom stereocenters. The normalized spacial score (nSPS) is 19.2. The van der Waals surface area contributed by atoms with Gasteiger partial charge in [-0.3, -0.25) is 0 Å². The molecule has 1 aromatic heterocycles. The highest BCUT2D eigenvalue weighted by Gasteiger charge is 2.33. The van der Waals surface area contributed by atoms with Crippen LogP contribution in [0.15, 0.2) is 34.7 Å². The van der Waals surface area contributed by atoms with Crippen molar-refractivity contribution in [2.24, 2.45) is 0 Å². The largest absolute Gasteiger partial charge is 0.478 e. The van der Waals surface area contributed by atoms with Gasteiger partial charge in [0.1, 0.15) is 0 Å². The second-order valence-corrected chi connectivity index (χ2v) is 5.82. The van der Waals surface area contributed by atoms with Crippen LogP contribution in [0.3, 0.4) is 0 Å². The molecule has 0 spiro atoms. The fourth-order valence-electron chi connectivity index (χ4n) is 2.32. The number of nitrogens with one attached hydrogen (secondary N) is 1. The lowest BCUT2D eigenvalue weighted by Crippen LogP contribution is -2.27. The predicted octanol–water partition coefficient (Wildman–Crippen LogP) is 2.90. The van der Waals surface area contributed by atoms with Gasteiger partial charge in [-0.05, 0) is 32.9 Å². The summed E-state index contributed by atoms with van der Waals surface area (Å²) >= 11 is 1.53. The molecule has 0 saturated heterocycles. The summed E-state index contributed by atoms with van der Waals surface area (Å²) in [5.41, 5.74) is 2.05. The number of dihydropyridines is 1. The van der Waals surface area contributed by atoms with Crippen LogP contribution in [0.5, 0.6) is 0 Å². The first kappa shape index (κ1) is 13.4. The second kappa shape index (κ2) is 4.90. The molecule has 1 unspecified atom stereocenters. The zero-order valence-electron chi connectivity index (χ0n) is 10.9. The Kier molecular flexibility index (Phi) is 3.45. The minimum atomic E-state index is -0.985. The number of thiophene rings is 1. The van der Waals surface area contributed by atoms with Crippen LogP contribution >= 0.6 is 11.3 Å². The van der Waals surface area contributed by atoms with Gasteiger partial charge in [0.15, 0.2) is 0 Å². The zero-order valence-corrected chi connectivity index (χ0v) is 11.8. The third-order valence-corrected chi connectivity index (χ3v) is 4.22. The van der Waals surface area contributed by atoms with E-state index in [1.54, 1.807) is 13.8 Å². The Morgan fingerprint density at radius 1 is 1.37 bits per heavy atom. The second-order valence-electron chi connectivity index (χ2n) is 4.50. The van der Waals surface area contributed by atoms with E-state index in [-0.39, 0.29) is 5.57 Å². The van der Waals surface area contributed by atoms with Crippen LogP contribution in [-0.4, -0.2) is 11.1 Å². The molecule has 2 N–H and O–H groups in total. The molecule has 0 aromatic carbocycles. The van der Waals surface area contributed by atoms with E-state index in [4.69, 9.17) is 0 Å². The van der Waals surface area contributed by atoms with E-state index in [0.29, 0.717) is 11.3 Å². The van der Waals surface area contributed by atoms with Crippen LogP contribution in [0.1, 0.15) is 29.5 Å². The minimum Gasteiger partial charge on any atom is -0.478 e. The highest BCUT2D eigenvalue weighted by Crippen LogP contribution is 2.40. The van der Waals surface area contributed by atoms with E-state index in [1.165, 1.54) is 11.3 Å². The van der Waals surface area contributed by atoms with Crippen LogP contribution in [0, 0.1) is 18.3 Å². The molecule has 0 bridgehead atoms. The number of allylic oxidation sites excluding steroid dienone is 3. The Hall–Kier alpha value is -2.06. The lowest BCUT2D eigenvalue weighted by Gasteiger charge is -2.26. The van der Waals surface area contributed by atoms with Gasteiger partial charge in [-0.25, -0.2) is 4.79 Å². The molecule has 1 aromatic rings. The molecule has 0 amide bonds. The summed E-state index contributed by atoms with van der Waals surface area (Å²) in [6, 6.07) is 5.99. The number of carbonyl (C=O) groups is 1. The molecular weight excluding hydrogens is 260 g/mol. The van der Waals surface area contributed by atoms with Crippen LogP contribution in [0.4, 0.5) is 0 Å². The molecule has 0 aliphatic carbocycles. The zero-order chi connectivity index (χ0) is 14.2. The number of hydrogen-bond donors (Lipinski definition) is 2. The average molecular weight is 274 g/mol. The minimum absolute atomic E-state index is 0.254. The summed E-state index contributed by atoms with van der Waals surface area (Å²) in [4.78, 5) is 13.5. The van der Waals surface area contributed by atoms with Gasteiger partial charge in [0.05, 0.1) is 23.1 Å². The van der Waals surface area contributed by atoms with Gasteiger partial charge < -0.3 is 10.4 Å². The lowest BCUT2D eigenvalue weighted by molar-refractivity contribution is -0.133. The Balaban J connectivity index is 2.64. The summed E-state index contributed by atoms with van der Waals surface area (Å²) < 4.78 is 0. The third-order valence-electron chi connectivity index (χ3n) is 3.16. The van der Waals surface area contributed by atoms with Crippen molar-refractivity contribution in [3.63, 3.8) is 0 Å². The summed E-state index contributed by atoms with van der Waals surface area (Å²) in [6.45, 7) is 5.50. The van der Waals surface area contributed by atoms with Crippen molar-refractivity contribution in [2.75, 3.05) is 0 Å². The van der Waals surface area contributed by atoms with Gasteiger partial charge in [-0.1, -0.05) is 0 Å². The Morgan fingerprint density at radius 3 is 2.53 bits per heavy atom. The first-order valence-corrected chi connectivity index (χ1v) is 6.65. The van der Waals surface area contributed by atoms with Crippen molar-refractivity contribution in [3.8, 4) is 6.07 Å². The van der Waals surface area contributed by atoms with Crippen LogP contribution in [0.2, 0.25) is 0 Å². The summed E-state index contributed by atoms with van der Waals surface area (Å²) in [6.07, 6.45) is 0. The van der Waals surface area contributed by atoms with Crippen molar-refractivity contribution in [1.29, 1.82) is 5.26 Å². The van der Waals surface area contributed by atoms with E-state index < -0.39 is 11.9 Å². The van der Waals surface area contributed by atoms with Gasteiger partial charge in [-0.15, -0.1) is 11.3 Å². The van der Waals surface area contributed by atoms with E-state index in [0.717, 1.165) is 15.5 Å². The maximum absolute atomic E-state index is 11.5. The van der Waals surface area contributed by atoms with Crippen LogP contribution < -0.4 is 5.32 Å². The predicted molar refractivity (Wildman–Crippen MR) is 73.6 cm³/mol. The van der Waals surface area contributed by atoms with Crippen molar-refractivity contribution >= 4 is 17.3 Å². The average Bonchev–Trinajstić information content (AvgIpc) is 2.74. The maximum Gasteiger partial charge on any atom is 0.334 e. The first-order chi connectivity index (χ1) is 8.95. The number of nitrogens with zero attached hydrogens (tertiary/aromatic N) is 1. The molecule has 5 heteroatoms. The van der Waals surface area contributed by atoms with Crippen molar-refractivity contribution in [2.45, 2.75) is 26.7 Å². The van der Waals surface area contributed by atoms with E-state index >= 15 is 0 Å². The van der Waals surface area contributed by atoms with Gasteiger partial charge in [0.25, 0.3) is 0 Å². The Bertz CT molecular complexity index is 647. The van der Waals surface area contributed by atoms with Crippen LogP contribution in [-0.2, 0) is 4.79 Å². The van der Waals surface area contributed by atoms with Gasteiger partial charge in [-0.2, -0.15) is 5.26 Å². The van der Waals surface area contributed by atoms with Crippen molar-refractivity contribution in [1.82, 2.24) is 5.32 Å². The van der Waals surface area contributed by atoms with Crippen molar-refractivity contribution in [3.05, 3.63) is 44.4 Å². The molecule has 2 heterocycles. The van der Waals surface area contributed by atoms with E-state index in [2.05, 4.69) is 11.4 Å². The Morgan fingerprint density at radius 2 is 2.05 bits per heavy atom. The Labute approximate surface area is 115 Å². The quantitative estimate of drug-likeness (QED) is 0.869. The molecule has 4 nitrogen and oxygen atoms in total. The molecule has 0 fully saturated rings. The summed E-state index contributed by atoms with van der Waals surface area (Å²) in [7, 11) is 0. The number of hydrogen-bond acceptors (Lipinski definition) is 4. The first-order valence-electron chi connectivity index (χ1n) is 5.84. The summed E-state index contributed by atoms with van der Waals surface area (Å²) in [5, 5.41) is 21.7. The van der Waals surface area contributed by atoms with E-state index in [1.807, 2.05) is 19.1 Å². The molecule has 1 aliphatic rings. The van der Waals surface area contributed by atoms with Gasteiger partial charge >= 0.3 is 5.97 Å². The number of carboxylic acid groups (broad SMARTS) is 1. The van der Waals surface area contributed by atoms with Gasteiger partial charge in [0, 0.05) is 21.1 Å². The number of rotatable bonds is 2. The molecule has 2 rings (SSSR count). The molecule has 0 radical (unpaired) electrons. The van der Waals surface area contributed by atoms with Gasteiger partial charge in [0.2, 0.25) is 0 Å². The lowest BCUT2D eigenvalue weighted by atomic mass is 9.85. The number of carboxylic acids is 1. The fourth-order valence-corrected chi connectivity index (χ4v) is 3.32. The van der Waals surface area contributed by atoms with Crippen LogP contribution in [0.25, 0.3) is 0 Å². The summed E-state index contributed by atoms with van der Waals surface area (Å²) in [5.74, 6) is -1.45. The number of aliphatic carboxylic acids is 1. The smallest absolute Gasteiger partial charge is 0.334 e. The topological polar surface area (TPSA) is 73.1 Å². The molecular formula is C14H14N2O2S. The fraction of sp³-hybridized carbons (Fsp3) is 0.286. The molecule has 98 valence electrons. The molecule has 19 heavy (non-hydrogen) atoms. The highest BCUT2D eigenvalue weighted by atomic mass is 32.1. The third kappa shape index (κ3) is 2.27. The number of nitriles is 1.